The summed E-state index contributed by atoms with van der Waals surface area (Å²) in [4.78, 5) is 15.7. The van der Waals surface area contributed by atoms with Gasteiger partial charge < -0.3 is 15.8 Å². The molecule has 19 heavy (non-hydrogen) atoms. The summed E-state index contributed by atoms with van der Waals surface area (Å²) < 4.78 is 4.68. The highest BCUT2D eigenvalue weighted by Gasteiger charge is 2.07. The number of carbonyl (C=O) groups excluding carboxylic acids is 1. The first-order valence-electron chi connectivity index (χ1n) is 5.84. The van der Waals surface area contributed by atoms with E-state index in [0.717, 1.165) is 11.3 Å². The molecule has 0 aliphatic carbocycles. The van der Waals surface area contributed by atoms with E-state index in [1.807, 2.05) is 18.2 Å². The van der Waals surface area contributed by atoms with Crippen LogP contribution in [0.4, 0.5) is 11.5 Å². The number of nitrogens with two attached hydrogens (primary N) is 1. The standard InChI is InChI=1S/C14H15N3O2/c1-19-14(18)10-4-2-6-12(8-10)17-13-11(9-15)5-3-7-16-13/h2-8H,9,15H2,1H3,(H,16,17). The Balaban J connectivity index is 2.26. The average molecular weight is 257 g/mol. The molecule has 0 unspecified atom stereocenters. The van der Waals surface area contributed by atoms with Gasteiger partial charge in [-0.15, -0.1) is 0 Å². The van der Waals surface area contributed by atoms with Gasteiger partial charge in [-0.2, -0.15) is 0 Å². The van der Waals surface area contributed by atoms with Crippen molar-refractivity contribution in [2.24, 2.45) is 5.73 Å². The number of pyridine rings is 1. The number of benzene rings is 1. The molecule has 0 aliphatic heterocycles. The number of ether oxygens (including phenoxy) is 1. The van der Waals surface area contributed by atoms with Crippen molar-refractivity contribution in [3.05, 3.63) is 53.7 Å². The molecular formula is C14H15N3O2. The van der Waals surface area contributed by atoms with Crippen molar-refractivity contribution in [2.75, 3.05) is 12.4 Å². The zero-order valence-electron chi connectivity index (χ0n) is 10.6. The molecular weight excluding hydrogens is 242 g/mol. The maximum atomic E-state index is 11.5. The van der Waals surface area contributed by atoms with Gasteiger partial charge in [0, 0.05) is 24.0 Å². The van der Waals surface area contributed by atoms with Crippen LogP contribution in [0.25, 0.3) is 0 Å². The van der Waals surface area contributed by atoms with Gasteiger partial charge in [0.15, 0.2) is 0 Å². The predicted octanol–water partition coefficient (Wildman–Crippen LogP) is 2.07. The summed E-state index contributed by atoms with van der Waals surface area (Å²) in [5.74, 6) is 0.315. The zero-order chi connectivity index (χ0) is 13.7. The number of carbonyl (C=O) groups is 1. The van der Waals surface area contributed by atoms with E-state index in [-0.39, 0.29) is 5.97 Å². The number of anilines is 2. The minimum absolute atomic E-state index is 0.372. The van der Waals surface area contributed by atoms with Crippen molar-refractivity contribution in [1.82, 2.24) is 4.98 Å². The number of aromatic nitrogens is 1. The predicted molar refractivity (Wildman–Crippen MR) is 73.2 cm³/mol. The molecule has 98 valence electrons. The molecule has 1 aromatic carbocycles. The van der Waals surface area contributed by atoms with Gasteiger partial charge in [-0.3, -0.25) is 0 Å². The molecule has 3 N–H and O–H groups in total. The molecule has 2 aromatic rings. The SMILES string of the molecule is COC(=O)c1cccc(Nc2ncccc2CN)c1. The fourth-order valence-corrected chi connectivity index (χ4v) is 1.69. The van der Waals surface area contributed by atoms with Crippen LogP contribution in [0.3, 0.4) is 0 Å². The molecule has 2 rings (SSSR count). The second-order valence-corrected chi connectivity index (χ2v) is 3.91. The second-order valence-electron chi connectivity index (χ2n) is 3.91. The summed E-state index contributed by atoms with van der Waals surface area (Å²) in [5, 5.41) is 3.14. The summed E-state index contributed by atoms with van der Waals surface area (Å²) in [5.41, 5.74) is 7.80. The van der Waals surface area contributed by atoms with Gasteiger partial charge in [-0.25, -0.2) is 9.78 Å². The monoisotopic (exact) mass is 257 g/mol. The Morgan fingerprint density at radius 1 is 1.37 bits per heavy atom. The Hall–Kier alpha value is -2.40. The largest absolute Gasteiger partial charge is 0.465 e. The lowest BCUT2D eigenvalue weighted by atomic mass is 10.2. The summed E-state index contributed by atoms with van der Waals surface area (Å²) in [6, 6.07) is 10.8. The molecule has 1 aromatic heterocycles. The maximum absolute atomic E-state index is 11.5. The van der Waals surface area contributed by atoms with Crippen LogP contribution in [0.1, 0.15) is 15.9 Å². The maximum Gasteiger partial charge on any atom is 0.337 e. The first kappa shape index (κ1) is 13.0. The van der Waals surface area contributed by atoms with E-state index in [4.69, 9.17) is 5.73 Å². The topological polar surface area (TPSA) is 77.2 Å². The minimum Gasteiger partial charge on any atom is -0.465 e. The van der Waals surface area contributed by atoms with Crippen molar-refractivity contribution in [3.63, 3.8) is 0 Å². The Kier molecular flexibility index (Phi) is 4.10. The summed E-state index contributed by atoms with van der Waals surface area (Å²) in [6.45, 7) is 0.396. The minimum atomic E-state index is -0.372. The third-order valence-corrected chi connectivity index (χ3v) is 2.66. The molecule has 0 amide bonds. The molecule has 0 radical (unpaired) electrons. The lowest BCUT2D eigenvalue weighted by Crippen LogP contribution is -2.05. The molecule has 0 spiro atoms. The van der Waals surface area contributed by atoms with Gasteiger partial charge >= 0.3 is 5.97 Å². The van der Waals surface area contributed by atoms with E-state index >= 15 is 0 Å². The average Bonchev–Trinajstić information content (AvgIpc) is 2.47. The molecule has 0 aliphatic rings. The van der Waals surface area contributed by atoms with Crippen molar-refractivity contribution >= 4 is 17.5 Å². The molecule has 0 saturated carbocycles. The quantitative estimate of drug-likeness (QED) is 0.820. The zero-order valence-corrected chi connectivity index (χ0v) is 10.6. The number of nitrogens with one attached hydrogen (secondary N) is 1. The Morgan fingerprint density at radius 2 is 2.21 bits per heavy atom. The molecule has 0 saturated heterocycles. The van der Waals surface area contributed by atoms with Crippen LogP contribution in [0, 0.1) is 0 Å². The van der Waals surface area contributed by atoms with Crippen LogP contribution >= 0.6 is 0 Å². The Labute approximate surface area is 111 Å². The number of hydrogen-bond acceptors (Lipinski definition) is 5. The molecule has 0 atom stereocenters. The first-order chi connectivity index (χ1) is 9.24. The third kappa shape index (κ3) is 3.08. The normalized spacial score (nSPS) is 10.0. The van der Waals surface area contributed by atoms with E-state index in [0.29, 0.717) is 17.9 Å². The van der Waals surface area contributed by atoms with Gasteiger partial charge in [-0.05, 0) is 24.3 Å². The summed E-state index contributed by atoms with van der Waals surface area (Å²) in [7, 11) is 1.35. The number of nitrogens with zero attached hydrogens (tertiary/aromatic N) is 1. The number of rotatable bonds is 4. The lowest BCUT2D eigenvalue weighted by molar-refractivity contribution is 0.0601. The van der Waals surface area contributed by atoms with E-state index in [1.54, 1.807) is 24.4 Å². The fourth-order valence-electron chi connectivity index (χ4n) is 1.69. The highest BCUT2D eigenvalue weighted by atomic mass is 16.5. The number of esters is 1. The first-order valence-corrected chi connectivity index (χ1v) is 5.84. The van der Waals surface area contributed by atoms with Crippen LogP contribution in [-0.2, 0) is 11.3 Å². The number of hydrogen-bond donors (Lipinski definition) is 2. The molecule has 1 heterocycles. The second kappa shape index (κ2) is 5.97. The van der Waals surface area contributed by atoms with Gasteiger partial charge in [-0.1, -0.05) is 12.1 Å². The van der Waals surface area contributed by atoms with E-state index in [9.17, 15) is 4.79 Å². The lowest BCUT2D eigenvalue weighted by Gasteiger charge is -2.10. The van der Waals surface area contributed by atoms with E-state index in [2.05, 4.69) is 15.0 Å². The number of methoxy groups -OCH3 is 1. The van der Waals surface area contributed by atoms with Crippen molar-refractivity contribution in [1.29, 1.82) is 0 Å². The van der Waals surface area contributed by atoms with Gasteiger partial charge in [0.25, 0.3) is 0 Å². The molecule has 0 fully saturated rings. The van der Waals surface area contributed by atoms with Gasteiger partial charge in [0.1, 0.15) is 5.82 Å². The Bertz CT molecular complexity index is 584. The highest BCUT2D eigenvalue weighted by Crippen LogP contribution is 2.19. The van der Waals surface area contributed by atoms with Gasteiger partial charge in [0.05, 0.1) is 12.7 Å². The third-order valence-electron chi connectivity index (χ3n) is 2.66. The van der Waals surface area contributed by atoms with Crippen LogP contribution < -0.4 is 11.1 Å². The van der Waals surface area contributed by atoms with Crippen LogP contribution in [0.5, 0.6) is 0 Å². The van der Waals surface area contributed by atoms with Crippen molar-refractivity contribution in [2.45, 2.75) is 6.54 Å². The highest BCUT2D eigenvalue weighted by molar-refractivity contribution is 5.90. The Morgan fingerprint density at radius 3 is 2.95 bits per heavy atom. The summed E-state index contributed by atoms with van der Waals surface area (Å²) in [6.07, 6.45) is 1.69. The van der Waals surface area contributed by atoms with Crippen LogP contribution in [0.15, 0.2) is 42.6 Å². The van der Waals surface area contributed by atoms with E-state index in [1.165, 1.54) is 7.11 Å². The van der Waals surface area contributed by atoms with Gasteiger partial charge in [0.2, 0.25) is 0 Å². The molecule has 5 nitrogen and oxygen atoms in total. The molecule has 0 bridgehead atoms. The molecule has 5 heteroatoms. The smallest absolute Gasteiger partial charge is 0.337 e. The summed E-state index contributed by atoms with van der Waals surface area (Å²) >= 11 is 0. The van der Waals surface area contributed by atoms with E-state index < -0.39 is 0 Å². The van der Waals surface area contributed by atoms with Crippen molar-refractivity contribution < 1.29 is 9.53 Å². The van der Waals surface area contributed by atoms with Crippen LogP contribution in [0.2, 0.25) is 0 Å². The fraction of sp³-hybridized carbons (Fsp3) is 0.143. The van der Waals surface area contributed by atoms with Crippen molar-refractivity contribution in [3.8, 4) is 0 Å². The van der Waals surface area contributed by atoms with Crippen LogP contribution in [-0.4, -0.2) is 18.1 Å².